The van der Waals surface area contributed by atoms with E-state index < -0.39 is 0 Å². The molecule has 5 nitrogen and oxygen atoms in total. The lowest BCUT2D eigenvalue weighted by molar-refractivity contribution is 0.234. The molecule has 0 saturated carbocycles. The summed E-state index contributed by atoms with van der Waals surface area (Å²) in [6.45, 7) is 5.14. The summed E-state index contributed by atoms with van der Waals surface area (Å²) in [7, 11) is 3.69. The van der Waals surface area contributed by atoms with Gasteiger partial charge in [0.1, 0.15) is 0 Å². The van der Waals surface area contributed by atoms with E-state index in [1.54, 1.807) is 9.13 Å². The van der Waals surface area contributed by atoms with Crippen LogP contribution in [0.1, 0.15) is 5.56 Å². The molecule has 1 aromatic carbocycles. The maximum Gasteiger partial charge on any atom is 0.328 e. The minimum atomic E-state index is 0.0442. The van der Waals surface area contributed by atoms with Gasteiger partial charge in [0, 0.05) is 46.8 Å². The van der Waals surface area contributed by atoms with Crippen LogP contribution < -0.4 is 11.0 Å². The van der Waals surface area contributed by atoms with Crippen LogP contribution in [0.5, 0.6) is 0 Å². The quantitative estimate of drug-likeness (QED) is 0.843. The lowest BCUT2D eigenvalue weighted by Crippen LogP contribution is -2.42. The zero-order valence-electron chi connectivity index (χ0n) is 11.5. The van der Waals surface area contributed by atoms with Crippen molar-refractivity contribution >= 4 is 11.0 Å². The van der Waals surface area contributed by atoms with E-state index in [-0.39, 0.29) is 5.69 Å². The van der Waals surface area contributed by atoms with Gasteiger partial charge in [0.15, 0.2) is 0 Å². The highest BCUT2D eigenvalue weighted by atomic mass is 16.1. The van der Waals surface area contributed by atoms with Crippen molar-refractivity contribution in [2.75, 3.05) is 26.2 Å². The molecule has 1 N–H and O–H groups in total. The normalized spacial score (nSPS) is 17.2. The number of rotatable bonds is 2. The molecule has 5 heteroatoms. The SMILES string of the molecule is Cn1c(=O)n(C)c2c(CN3CCNCC3)cccc21. The third kappa shape index (κ3) is 2.09. The van der Waals surface area contributed by atoms with Gasteiger partial charge < -0.3 is 5.32 Å². The fraction of sp³-hybridized carbons (Fsp3) is 0.500. The summed E-state index contributed by atoms with van der Waals surface area (Å²) in [5.74, 6) is 0. The average Bonchev–Trinajstić information content (AvgIpc) is 2.66. The van der Waals surface area contributed by atoms with Crippen LogP contribution in [0.4, 0.5) is 0 Å². The average molecular weight is 260 g/mol. The first-order valence-corrected chi connectivity index (χ1v) is 6.75. The number of para-hydroxylation sites is 1. The van der Waals surface area contributed by atoms with E-state index in [1.165, 1.54) is 5.56 Å². The van der Waals surface area contributed by atoms with E-state index in [9.17, 15) is 4.79 Å². The van der Waals surface area contributed by atoms with Gasteiger partial charge in [-0.15, -0.1) is 0 Å². The molecule has 0 atom stereocenters. The monoisotopic (exact) mass is 260 g/mol. The first-order chi connectivity index (χ1) is 9.18. The number of nitrogens with zero attached hydrogens (tertiary/aromatic N) is 3. The van der Waals surface area contributed by atoms with E-state index in [0.717, 1.165) is 43.8 Å². The molecule has 0 radical (unpaired) electrons. The minimum Gasteiger partial charge on any atom is -0.314 e. The number of benzene rings is 1. The van der Waals surface area contributed by atoms with Crippen molar-refractivity contribution in [3.63, 3.8) is 0 Å². The third-order valence-electron chi connectivity index (χ3n) is 3.97. The number of piperazine rings is 1. The number of hydrogen-bond acceptors (Lipinski definition) is 3. The number of nitrogens with one attached hydrogen (secondary N) is 1. The van der Waals surface area contributed by atoms with Crippen LogP contribution in [0.15, 0.2) is 23.0 Å². The Hall–Kier alpha value is -1.59. The molecule has 0 amide bonds. The summed E-state index contributed by atoms with van der Waals surface area (Å²) in [5.41, 5.74) is 3.36. The molecule has 0 bridgehead atoms. The molecule has 1 fully saturated rings. The van der Waals surface area contributed by atoms with Gasteiger partial charge in [-0.1, -0.05) is 12.1 Å². The standard InChI is InChI=1S/C14H20N4O/c1-16-12-5-3-4-11(13(12)17(2)14(16)19)10-18-8-6-15-7-9-18/h3-5,15H,6-10H2,1-2H3. The van der Waals surface area contributed by atoms with Crippen molar-refractivity contribution in [3.05, 3.63) is 34.2 Å². The van der Waals surface area contributed by atoms with Crippen LogP contribution in [0, 0.1) is 0 Å². The van der Waals surface area contributed by atoms with Crippen molar-refractivity contribution in [2.45, 2.75) is 6.54 Å². The van der Waals surface area contributed by atoms with Gasteiger partial charge in [0.05, 0.1) is 11.0 Å². The van der Waals surface area contributed by atoms with Gasteiger partial charge in [-0.25, -0.2) is 4.79 Å². The second-order valence-corrected chi connectivity index (χ2v) is 5.21. The van der Waals surface area contributed by atoms with E-state index in [2.05, 4.69) is 16.3 Å². The van der Waals surface area contributed by atoms with Crippen LogP contribution in [-0.2, 0) is 20.6 Å². The zero-order valence-corrected chi connectivity index (χ0v) is 11.5. The Kier molecular flexibility index (Phi) is 3.16. The lowest BCUT2D eigenvalue weighted by atomic mass is 10.1. The van der Waals surface area contributed by atoms with Crippen molar-refractivity contribution in [1.29, 1.82) is 0 Å². The van der Waals surface area contributed by atoms with Gasteiger partial charge in [0.25, 0.3) is 0 Å². The maximum atomic E-state index is 12.0. The first kappa shape index (κ1) is 12.4. The smallest absolute Gasteiger partial charge is 0.314 e. The van der Waals surface area contributed by atoms with Crippen molar-refractivity contribution in [3.8, 4) is 0 Å². The van der Waals surface area contributed by atoms with E-state index in [0.29, 0.717) is 0 Å². The van der Waals surface area contributed by atoms with Crippen molar-refractivity contribution < 1.29 is 0 Å². The molecule has 2 aromatic rings. The molecule has 2 heterocycles. The molecule has 1 aliphatic heterocycles. The highest BCUT2D eigenvalue weighted by Gasteiger charge is 2.15. The Morgan fingerprint density at radius 1 is 1.16 bits per heavy atom. The fourth-order valence-electron chi connectivity index (χ4n) is 2.90. The van der Waals surface area contributed by atoms with Crippen molar-refractivity contribution in [2.24, 2.45) is 14.1 Å². The Labute approximate surface area is 112 Å². The number of imidazole rings is 1. The summed E-state index contributed by atoms with van der Waals surface area (Å²) in [5, 5.41) is 3.36. The molecule has 0 aliphatic carbocycles. The second-order valence-electron chi connectivity index (χ2n) is 5.21. The molecule has 1 aromatic heterocycles. The highest BCUT2D eigenvalue weighted by Crippen LogP contribution is 2.18. The van der Waals surface area contributed by atoms with Crippen LogP contribution in [0.3, 0.4) is 0 Å². The van der Waals surface area contributed by atoms with Gasteiger partial charge in [-0.05, 0) is 11.6 Å². The maximum absolute atomic E-state index is 12.0. The van der Waals surface area contributed by atoms with E-state index in [4.69, 9.17) is 0 Å². The zero-order chi connectivity index (χ0) is 13.4. The van der Waals surface area contributed by atoms with Gasteiger partial charge in [-0.2, -0.15) is 0 Å². The molecule has 0 spiro atoms. The van der Waals surface area contributed by atoms with Crippen LogP contribution in [0.2, 0.25) is 0 Å². The lowest BCUT2D eigenvalue weighted by Gasteiger charge is -2.27. The van der Waals surface area contributed by atoms with Gasteiger partial charge >= 0.3 is 5.69 Å². The molecule has 3 rings (SSSR count). The predicted molar refractivity (Wildman–Crippen MR) is 76.3 cm³/mol. The molecular formula is C14H20N4O. The highest BCUT2D eigenvalue weighted by molar-refractivity contribution is 5.79. The Morgan fingerprint density at radius 2 is 1.89 bits per heavy atom. The largest absolute Gasteiger partial charge is 0.328 e. The van der Waals surface area contributed by atoms with Gasteiger partial charge in [-0.3, -0.25) is 14.0 Å². The molecule has 19 heavy (non-hydrogen) atoms. The summed E-state index contributed by atoms with van der Waals surface area (Å²) in [4.78, 5) is 14.5. The molecule has 1 saturated heterocycles. The topological polar surface area (TPSA) is 42.2 Å². The first-order valence-electron chi connectivity index (χ1n) is 6.75. The molecule has 0 unspecified atom stereocenters. The number of aromatic nitrogens is 2. The number of fused-ring (bicyclic) bond motifs is 1. The number of hydrogen-bond donors (Lipinski definition) is 1. The van der Waals surface area contributed by atoms with E-state index in [1.807, 2.05) is 26.2 Å². The second kappa shape index (κ2) is 4.83. The summed E-state index contributed by atoms with van der Waals surface area (Å²) < 4.78 is 3.48. The molecule has 102 valence electrons. The van der Waals surface area contributed by atoms with Crippen LogP contribution in [0.25, 0.3) is 11.0 Å². The van der Waals surface area contributed by atoms with E-state index >= 15 is 0 Å². The summed E-state index contributed by atoms with van der Waals surface area (Å²) in [6.07, 6.45) is 0. The fourth-order valence-corrected chi connectivity index (χ4v) is 2.90. The van der Waals surface area contributed by atoms with Crippen LogP contribution in [-0.4, -0.2) is 40.2 Å². The minimum absolute atomic E-state index is 0.0442. The number of aryl methyl sites for hydroxylation is 2. The molecule has 1 aliphatic rings. The Balaban J connectivity index is 2.03. The third-order valence-corrected chi connectivity index (χ3v) is 3.97. The molecular weight excluding hydrogens is 240 g/mol. The van der Waals surface area contributed by atoms with Crippen LogP contribution >= 0.6 is 0 Å². The summed E-state index contributed by atoms with van der Waals surface area (Å²) in [6, 6.07) is 6.18. The Morgan fingerprint density at radius 3 is 2.63 bits per heavy atom. The Bertz CT molecular complexity index is 649. The summed E-state index contributed by atoms with van der Waals surface area (Å²) >= 11 is 0. The predicted octanol–water partition coefficient (Wildman–Crippen LogP) is 0.282. The van der Waals surface area contributed by atoms with Gasteiger partial charge in [0.2, 0.25) is 0 Å². The van der Waals surface area contributed by atoms with Crippen molar-refractivity contribution in [1.82, 2.24) is 19.4 Å².